The van der Waals surface area contributed by atoms with Crippen LogP contribution in [0.15, 0.2) is 40.9 Å². The molecule has 2 nitrogen and oxygen atoms in total. The first kappa shape index (κ1) is 12.2. The van der Waals surface area contributed by atoms with E-state index in [0.717, 1.165) is 10.2 Å². The van der Waals surface area contributed by atoms with Crippen LogP contribution in [-0.4, -0.2) is 0 Å². The topological polar surface area (TPSA) is 38.0 Å². The van der Waals surface area contributed by atoms with Crippen LogP contribution >= 0.6 is 27.5 Å². The zero-order valence-corrected chi connectivity index (χ0v) is 11.0. The summed E-state index contributed by atoms with van der Waals surface area (Å²) in [5, 5.41) is 3.63. The Bertz CT molecular complexity index is 540. The van der Waals surface area contributed by atoms with Crippen molar-refractivity contribution in [3.05, 3.63) is 51.7 Å². The molecule has 88 valence electrons. The number of nitrogens with two attached hydrogens (primary N) is 1. The number of halogens is 3. The van der Waals surface area contributed by atoms with Crippen LogP contribution in [0.5, 0.6) is 0 Å². The highest BCUT2D eigenvalue weighted by molar-refractivity contribution is 9.10. The number of rotatable bonds is 2. The van der Waals surface area contributed by atoms with E-state index >= 15 is 0 Å². The highest BCUT2D eigenvalue weighted by atomic mass is 79.9. The molecule has 2 rings (SSSR count). The zero-order valence-electron chi connectivity index (χ0n) is 8.68. The molecule has 0 saturated carbocycles. The van der Waals surface area contributed by atoms with E-state index in [1.807, 2.05) is 6.07 Å². The van der Waals surface area contributed by atoms with Gasteiger partial charge in [0.05, 0.1) is 15.2 Å². The van der Waals surface area contributed by atoms with E-state index < -0.39 is 0 Å². The second-order valence-electron chi connectivity index (χ2n) is 3.50. The van der Waals surface area contributed by atoms with Gasteiger partial charge in [-0.15, -0.1) is 0 Å². The molecule has 5 heteroatoms. The third-order valence-electron chi connectivity index (χ3n) is 2.15. The lowest BCUT2D eigenvalue weighted by molar-refractivity contribution is 0.629. The summed E-state index contributed by atoms with van der Waals surface area (Å²) in [6, 6.07) is 9.67. The lowest BCUT2D eigenvalue weighted by Gasteiger charge is -2.10. The average Bonchev–Trinajstić information content (AvgIpc) is 2.23. The highest BCUT2D eigenvalue weighted by Crippen LogP contribution is 2.32. The molecule has 0 spiro atoms. The molecule has 0 amide bonds. The number of benzene rings is 2. The lowest BCUT2D eigenvalue weighted by Crippen LogP contribution is -1.95. The molecule has 0 saturated heterocycles. The summed E-state index contributed by atoms with van der Waals surface area (Å²) in [5.74, 6) is -0.384. The smallest absolute Gasteiger partial charge is 0.127 e. The predicted octanol–water partition coefficient (Wildman–Crippen LogP) is 4.57. The van der Waals surface area contributed by atoms with Crippen molar-refractivity contribution in [2.75, 3.05) is 11.1 Å². The van der Waals surface area contributed by atoms with Crippen molar-refractivity contribution >= 4 is 44.6 Å². The molecule has 0 heterocycles. The Morgan fingerprint density at radius 1 is 1.24 bits per heavy atom. The van der Waals surface area contributed by atoms with Crippen LogP contribution in [0, 0.1) is 5.82 Å². The SMILES string of the molecule is Nc1cc(F)cc(Nc2cccc(Cl)c2Br)c1. The van der Waals surface area contributed by atoms with Gasteiger partial charge in [0.1, 0.15) is 5.82 Å². The van der Waals surface area contributed by atoms with Gasteiger partial charge in [0, 0.05) is 11.4 Å². The van der Waals surface area contributed by atoms with E-state index in [2.05, 4.69) is 21.2 Å². The second kappa shape index (κ2) is 4.94. The van der Waals surface area contributed by atoms with Gasteiger partial charge < -0.3 is 11.1 Å². The van der Waals surface area contributed by atoms with Gasteiger partial charge in [0.15, 0.2) is 0 Å². The first-order valence-corrected chi connectivity index (χ1v) is 6.00. The summed E-state index contributed by atoms with van der Waals surface area (Å²) in [7, 11) is 0. The summed E-state index contributed by atoms with van der Waals surface area (Å²) < 4.78 is 13.9. The summed E-state index contributed by atoms with van der Waals surface area (Å²) in [6.07, 6.45) is 0. The molecule has 3 N–H and O–H groups in total. The van der Waals surface area contributed by atoms with E-state index in [9.17, 15) is 4.39 Å². The maximum absolute atomic E-state index is 13.2. The third-order valence-corrected chi connectivity index (χ3v) is 3.55. The molecule has 0 radical (unpaired) electrons. The number of nitrogen functional groups attached to an aromatic ring is 1. The normalized spacial score (nSPS) is 10.3. The molecule has 0 aliphatic rings. The van der Waals surface area contributed by atoms with Crippen molar-refractivity contribution in [1.82, 2.24) is 0 Å². The van der Waals surface area contributed by atoms with Crippen LogP contribution in [0.3, 0.4) is 0 Å². The molecule has 0 atom stereocenters. The Kier molecular flexibility index (Phi) is 3.54. The number of anilines is 3. The Morgan fingerprint density at radius 2 is 2.00 bits per heavy atom. The van der Waals surface area contributed by atoms with Gasteiger partial charge in [-0.3, -0.25) is 0 Å². The predicted molar refractivity (Wildman–Crippen MR) is 73.2 cm³/mol. The van der Waals surface area contributed by atoms with E-state index in [1.165, 1.54) is 12.1 Å². The van der Waals surface area contributed by atoms with Crippen LogP contribution in [0.2, 0.25) is 5.02 Å². The van der Waals surface area contributed by atoms with E-state index in [0.29, 0.717) is 16.4 Å². The minimum absolute atomic E-state index is 0.366. The Labute approximate surface area is 112 Å². The molecular formula is C12H9BrClFN2. The second-order valence-corrected chi connectivity index (χ2v) is 4.70. The molecule has 0 aromatic heterocycles. The van der Waals surface area contributed by atoms with Crippen molar-refractivity contribution < 1.29 is 4.39 Å². The van der Waals surface area contributed by atoms with E-state index in [-0.39, 0.29) is 5.82 Å². The van der Waals surface area contributed by atoms with Crippen LogP contribution in [0.4, 0.5) is 21.5 Å². The Hall–Kier alpha value is -1.26. The van der Waals surface area contributed by atoms with Gasteiger partial charge in [0.25, 0.3) is 0 Å². The molecule has 0 fully saturated rings. The first-order valence-electron chi connectivity index (χ1n) is 4.83. The van der Waals surface area contributed by atoms with Crippen molar-refractivity contribution in [1.29, 1.82) is 0 Å². The fourth-order valence-corrected chi connectivity index (χ4v) is 1.98. The minimum atomic E-state index is -0.384. The van der Waals surface area contributed by atoms with Gasteiger partial charge >= 0.3 is 0 Å². The van der Waals surface area contributed by atoms with E-state index in [1.54, 1.807) is 18.2 Å². The van der Waals surface area contributed by atoms with Gasteiger partial charge in [-0.1, -0.05) is 17.7 Å². The molecule has 17 heavy (non-hydrogen) atoms. The van der Waals surface area contributed by atoms with E-state index in [4.69, 9.17) is 17.3 Å². The van der Waals surface area contributed by atoms with Crippen LogP contribution in [0.1, 0.15) is 0 Å². The summed E-state index contributed by atoms with van der Waals surface area (Å²) in [4.78, 5) is 0. The standard InChI is InChI=1S/C12H9BrClFN2/c13-12-10(14)2-1-3-11(12)17-9-5-7(15)4-8(16)6-9/h1-6,17H,16H2. The van der Waals surface area contributed by atoms with Gasteiger partial charge in [-0.05, 0) is 46.3 Å². The molecule has 0 bridgehead atoms. The Morgan fingerprint density at radius 3 is 2.71 bits per heavy atom. The summed E-state index contributed by atoms with van der Waals surface area (Å²) in [6.45, 7) is 0. The molecule has 0 aliphatic heterocycles. The van der Waals surface area contributed by atoms with Gasteiger partial charge in [-0.25, -0.2) is 4.39 Å². The maximum Gasteiger partial charge on any atom is 0.127 e. The largest absolute Gasteiger partial charge is 0.399 e. The quantitative estimate of drug-likeness (QED) is 0.797. The maximum atomic E-state index is 13.2. The molecule has 2 aromatic rings. The Balaban J connectivity index is 2.34. The highest BCUT2D eigenvalue weighted by Gasteiger charge is 2.05. The number of hydrogen-bond donors (Lipinski definition) is 2. The summed E-state index contributed by atoms with van der Waals surface area (Å²) in [5.41, 5.74) is 7.26. The number of hydrogen-bond acceptors (Lipinski definition) is 2. The first-order chi connectivity index (χ1) is 8.06. The zero-order chi connectivity index (χ0) is 12.4. The minimum Gasteiger partial charge on any atom is -0.399 e. The van der Waals surface area contributed by atoms with Crippen LogP contribution < -0.4 is 11.1 Å². The third kappa shape index (κ3) is 2.90. The van der Waals surface area contributed by atoms with Crippen molar-refractivity contribution in [3.8, 4) is 0 Å². The fraction of sp³-hybridized carbons (Fsp3) is 0. The van der Waals surface area contributed by atoms with Crippen LogP contribution in [0.25, 0.3) is 0 Å². The van der Waals surface area contributed by atoms with Crippen molar-refractivity contribution in [2.24, 2.45) is 0 Å². The van der Waals surface area contributed by atoms with Crippen molar-refractivity contribution in [2.45, 2.75) is 0 Å². The summed E-state index contributed by atoms with van der Waals surface area (Å²) >= 11 is 9.31. The van der Waals surface area contributed by atoms with Gasteiger partial charge in [0.2, 0.25) is 0 Å². The fourth-order valence-electron chi connectivity index (χ4n) is 1.44. The average molecular weight is 316 g/mol. The molecule has 0 unspecified atom stereocenters. The van der Waals surface area contributed by atoms with Crippen LogP contribution in [-0.2, 0) is 0 Å². The van der Waals surface area contributed by atoms with Gasteiger partial charge in [-0.2, -0.15) is 0 Å². The lowest BCUT2D eigenvalue weighted by atomic mass is 10.2. The number of nitrogens with one attached hydrogen (secondary N) is 1. The molecule has 0 aliphatic carbocycles. The monoisotopic (exact) mass is 314 g/mol. The molecular weight excluding hydrogens is 307 g/mol. The molecule has 2 aromatic carbocycles. The van der Waals surface area contributed by atoms with Crippen molar-refractivity contribution in [3.63, 3.8) is 0 Å².